The molecule has 0 radical (unpaired) electrons. The van der Waals surface area contributed by atoms with Gasteiger partial charge in [0.1, 0.15) is 11.3 Å². The molecule has 2 aromatic rings. The molecule has 1 aliphatic heterocycles. The van der Waals surface area contributed by atoms with Gasteiger partial charge >= 0.3 is 0 Å². The van der Waals surface area contributed by atoms with Gasteiger partial charge in [0, 0.05) is 24.5 Å². The molecule has 3 heteroatoms. The highest BCUT2D eigenvalue weighted by molar-refractivity contribution is 5.77. The van der Waals surface area contributed by atoms with Crippen LogP contribution in [-0.2, 0) is 0 Å². The number of para-hydroxylation sites is 1. The van der Waals surface area contributed by atoms with E-state index in [0.29, 0.717) is 6.04 Å². The molecule has 1 aliphatic rings. The van der Waals surface area contributed by atoms with Crippen molar-refractivity contribution in [1.82, 2.24) is 10.2 Å². The van der Waals surface area contributed by atoms with Gasteiger partial charge in [0.15, 0.2) is 0 Å². The number of hydrogen-bond acceptors (Lipinski definition) is 3. The summed E-state index contributed by atoms with van der Waals surface area (Å²) < 4.78 is 6.04. The van der Waals surface area contributed by atoms with E-state index in [9.17, 15) is 0 Å². The molecule has 0 amide bonds. The summed E-state index contributed by atoms with van der Waals surface area (Å²) >= 11 is 0. The van der Waals surface area contributed by atoms with Crippen molar-refractivity contribution in [1.29, 1.82) is 0 Å². The fraction of sp³-hybridized carbons (Fsp3) is 0.556. The second-order valence-corrected chi connectivity index (χ2v) is 6.51. The highest BCUT2D eigenvalue weighted by Crippen LogP contribution is 2.27. The largest absolute Gasteiger partial charge is 0.459 e. The van der Waals surface area contributed by atoms with E-state index in [0.717, 1.165) is 23.8 Å². The summed E-state index contributed by atoms with van der Waals surface area (Å²) in [6.07, 6.45) is 2.66. The first-order valence-corrected chi connectivity index (χ1v) is 8.07. The monoisotopic (exact) mass is 286 g/mol. The summed E-state index contributed by atoms with van der Waals surface area (Å²) in [6.45, 7) is 6.91. The van der Waals surface area contributed by atoms with Crippen LogP contribution in [0.25, 0.3) is 11.0 Å². The van der Waals surface area contributed by atoms with Crippen LogP contribution in [0.5, 0.6) is 0 Å². The average Bonchev–Trinajstić information content (AvgIpc) is 2.91. The number of benzene rings is 1. The number of piperidine rings is 1. The molecule has 1 aromatic heterocycles. The van der Waals surface area contributed by atoms with Gasteiger partial charge in [0.2, 0.25) is 0 Å². The van der Waals surface area contributed by atoms with Crippen LogP contribution in [0.1, 0.15) is 38.5 Å². The molecule has 1 fully saturated rings. The Morgan fingerprint density at radius 1 is 1.29 bits per heavy atom. The number of nitrogens with one attached hydrogen (secondary N) is 1. The molecular weight excluding hydrogens is 260 g/mol. The number of rotatable bonds is 4. The van der Waals surface area contributed by atoms with Crippen molar-refractivity contribution in [3.8, 4) is 0 Å². The van der Waals surface area contributed by atoms with Crippen LogP contribution in [0, 0.1) is 5.92 Å². The van der Waals surface area contributed by atoms with E-state index in [1.54, 1.807) is 0 Å². The number of nitrogens with zero attached hydrogens (tertiary/aromatic N) is 1. The summed E-state index contributed by atoms with van der Waals surface area (Å²) in [6, 6.07) is 11.3. The van der Waals surface area contributed by atoms with Gasteiger partial charge in [-0.2, -0.15) is 0 Å². The first-order chi connectivity index (χ1) is 10.2. The van der Waals surface area contributed by atoms with Gasteiger partial charge in [-0.3, -0.25) is 4.90 Å². The van der Waals surface area contributed by atoms with Crippen LogP contribution in [-0.4, -0.2) is 31.1 Å². The number of hydrogen-bond donors (Lipinski definition) is 1. The molecule has 114 valence electrons. The maximum atomic E-state index is 6.04. The van der Waals surface area contributed by atoms with E-state index in [-0.39, 0.29) is 6.04 Å². The molecule has 1 saturated heterocycles. The van der Waals surface area contributed by atoms with Crippen molar-refractivity contribution in [3.63, 3.8) is 0 Å². The van der Waals surface area contributed by atoms with Crippen LogP contribution in [0.15, 0.2) is 34.7 Å². The Balaban J connectivity index is 1.77. The van der Waals surface area contributed by atoms with E-state index in [1.165, 1.54) is 24.8 Å². The van der Waals surface area contributed by atoms with E-state index in [2.05, 4.69) is 42.3 Å². The molecule has 0 bridgehead atoms. The standard InChI is InChI=1S/C18H26N2O/c1-13-8-9-14(2)20(11-13)12-16(19-3)18-10-15-6-4-5-7-17(15)21-18/h4-7,10,13-14,16,19H,8-9,11-12H2,1-3H3. The van der Waals surface area contributed by atoms with Gasteiger partial charge < -0.3 is 9.73 Å². The summed E-state index contributed by atoms with van der Waals surface area (Å²) in [4.78, 5) is 2.60. The summed E-state index contributed by atoms with van der Waals surface area (Å²) in [5.74, 6) is 1.85. The quantitative estimate of drug-likeness (QED) is 0.926. The first kappa shape index (κ1) is 14.6. The summed E-state index contributed by atoms with van der Waals surface area (Å²) in [5, 5.41) is 4.61. The van der Waals surface area contributed by atoms with E-state index in [4.69, 9.17) is 4.42 Å². The second kappa shape index (κ2) is 6.20. The minimum atomic E-state index is 0.255. The SMILES string of the molecule is CNC(CN1CC(C)CCC1C)c1cc2ccccc2o1. The fourth-order valence-electron chi connectivity index (χ4n) is 3.37. The van der Waals surface area contributed by atoms with Crippen molar-refractivity contribution in [3.05, 3.63) is 36.1 Å². The Morgan fingerprint density at radius 2 is 2.10 bits per heavy atom. The fourth-order valence-corrected chi connectivity index (χ4v) is 3.37. The second-order valence-electron chi connectivity index (χ2n) is 6.51. The Kier molecular flexibility index (Phi) is 4.32. The van der Waals surface area contributed by atoms with Crippen LogP contribution in [0.3, 0.4) is 0 Å². The molecule has 0 saturated carbocycles. The molecule has 0 spiro atoms. The van der Waals surface area contributed by atoms with E-state index < -0.39 is 0 Å². The van der Waals surface area contributed by atoms with Gasteiger partial charge in [-0.05, 0) is 44.9 Å². The van der Waals surface area contributed by atoms with Crippen molar-refractivity contribution in [2.24, 2.45) is 5.92 Å². The molecule has 3 nitrogen and oxygen atoms in total. The predicted octanol–water partition coefficient (Wildman–Crippen LogP) is 3.81. The lowest BCUT2D eigenvalue weighted by Crippen LogP contribution is -2.44. The third kappa shape index (κ3) is 3.14. The van der Waals surface area contributed by atoms with Crippen molar-refractivity contribution >= 4 is 11.0 Å². The van der Waals surface area contributed by atoms with Crippen LogP contribution in [0.2, 0.25) is 0 Å². The molecule has 0 aliphatic carbocycles. The van der Waals surface area contributed by atoms with Gasteiger partial charge in [-0.15, -0.1) is 0 Å². The zero-order chi connectivity index (χ0) is 14.8. The molecule has 21 heavy (non-hydrogen) atoms. The predicted molar refractivity (Wildman–Crippen MR) is 87.4 cm³/mol. The zero-order valence-corrected chi connectivity index (χ0v) is 13.3. The highest BCUT2D eigenvalue weighted by atomic mass is 16.3. The Morgan fingerprint density at radius 3 is 2.86 bits per heavy atom. The molecule has 3 atom stereocenters. The maximum Gasteiger partial charge on any atom is 0.134 e. The van der Waals surface area contributed by atoms with Crippen LogP contribution in [0.4, 0.5) is 0 Å². The number of furan rings is 1. The van der Waals surface area contributed by atoms with Gasteiger partial charge in [-0.25, -0.2) is 0 Å². The number of fused-ring (bicyclic) bond motifs is 1. The Hall–Kier alpha value is -1.32. The first-order valence-electron chi connectivity index (χ1n) is 8.07. The molecule has 1 aromatic carbocycles. The highest BCUT2D eigenvalue weighted by Gasteiger charge is 2.26. The van der Waals surface area contributed by atoms with Gasteiger partial charge in [0.25, 0.3) is 0 Å². The lowest BCUT2D eigenvalue weighted by atomic mass is 9.94. The average molecular weight is 286 g/mol. The molecule has 1 N–H and O–H groups in total. The topological polar surface area (TPSA) is 28.4 Å². The third-order valence-electron chi connectivity index (χ3n) is 4.80. The lowest BCUT2D eigenvalue weighted by Gasteiger charge is -2.38. The minimum Gasteiger partial charge on any atom is -0.459 e. The molecular formula is C18H26N2O. The van der Waals surface area contributed by atoms with Crippen molar-refractivity contribution < 1.29 is 4.42 Å². The van der Waals surface area contributed by atoms with E-state index in [1.807, 2.05) is 19.2 Å². The third-order valence-corrected chi connectivity index (χ3v) is 4.80. The van der Waals surface area contributed by atoms with Crippen LogP contribution < -0.4 is 5.32 Å². The molecule has 3 rings (SSSR count). The smallest absolute Gasteiger partial charge is 0.134 e. The Labute approximate surface area is 127 Å². The van der Waals surface area contributed by atoms with Gasteiger partial charge in [-0.1, -0.05) is 25.1 Å². The lowest BCUT2D eigenvalue weighted by molar-refractivity contribution is 0.110. The minimum absolute atomic E-state index is 0.255. The van der Waals surface area contributed by atoms with Crippen LogP contribution >= 0.6 is 0 Å². The maximum absolute atomic E-state index is 6.04. The normalized spacial score (nSPS) is 25.3. The van der Waals surface area contributed by atoms with E-state index >= 15 is 0 Å². The molecule has 3 unspecified atom stereocenters. The van der Waals surface area contributed by atoms with Crippen molar-refractivity contribution in [2.45, 2.75) is 38.8 Å². The summed E-state index contributed by atoms with van der Waals surface area (Å²) in [5.41, 5.74) is 0.979. The number of likely N-dealkylation sites (N-methyl/N-ethyl adjacent to an activating group) is 1. The number of likely N-dealkylation sites (tertiary alicyclic amines) is 1. The zero-order valence-electron chi connectivity index (χ0n) is 13.3. The van der Waals surface area contributed by atoms with Gasteiger partial charge in [0.05, 0.1) is 6.04 Å². The Bertz CT molecular complexity index is 559. The summed E-state index contributed by atoms with van der Waals surface area (Å²) in [7, 11) is 2.02. The van der Waals surface area contributed by atoms with Crippen molar-refractivity contribution in [2.75, 3.05) is 20.1 Å². The molecule has 2 heterocycles.